The van der Waals surface area contributed by atoms with Gasteiger partial charge in [-0.1, -0.05) is 12.1 Å². The highest BCUT2D eigenvalue weighted by Gasteiger charge is 2.13. The molecule has 1 aromatic rings. The fourth-order valence-corrected chi connectivity index (χ4v) is 2.70. The van der Waals surface area contributed by atoms with E-state index in [2.05, 4.69) is 66.5 Å². The lowest BCUT2D eigenvalue weighted by Crippen LogP contribution is -2.41. The van der Waals surface area contributed by atoms with Gasteiger partial charge in [-0.15, -0.1) is 0 Å². The third kappa shape index (κ3) is 4.38. The van der Waals surface area contributed by atoms with Gasteiger partial charge < -0.3 is 15.5 Å². The Labute approximate surface area is 128 Å². The zero-order chi connectivity index (χ0) is 15.2. The molecule has 2 rings (SSSR count). The van der Waals surface area contributed by atoms with E-state index < -0.39 is 0 Å². The van der Waals surface area contributed by atoms with E-state index in [1.165, 1.54) is 29.7 Å². The van der Waals surface area contributed by atoms with Crippen LogP contribution in [0.4, 0.5) is 5.69 Å². The Morgan fingerprint density at radius 3 is 2.90 bits per heavy atom. The van der Waals surface area contributed by atoms with Crippen LogP contribution in [-0.4, -0.2) is 32.1 Å². The Kier molecular flexibility index (Phi) is 5.48. The maximum absolute atomic E-state index is 4.67. The molecule has 0 unspecified atom stereocenters. The molecule has 0 saturated carbocycles. The lowest BCUT2D eigenvalue weighted by Gasteiger charge is -2.27. The molecule has 0 fully saturated rings. The number of aryl methyl sites for hydroxylation is 1. The number of nitrogens with one attached hydrogen (secondary N) is 2. The van der Waals surface area contributed by atoms with Crippen molar-refractivity contribution in [2.24, 2.45) is 4.99 Å². The molecule has 0 spiro atoms. The summed E-state index contributed by atoms with van der Waals surface area (Å²) in [7, 11) is 2.17. The molecule has 0 radical (unpaired) electrons. The zero-order valence-electron chi connectivity index (χ0n) is 13.7. The summed E-state index contributed by atoms with van der Waals surface area (Å²) in [6.07, 6.45) is 2.43. The van der Waals surface area contributed by atoms with Gasteiger partial charge in [-0.3, -0.25) is 0 Å². The van der Waals surface area contributed by atoms with E-state index in [9.17, 15) is 0 Å². The van der Waals surface area contributed by atoms with E-state index in [0.717, 1.165) is 25.6 Å². The second-order valence-corrected chi connectivity index (χ2v) is 5.98. The summed E-state index contributed by atoms with van der Waals surface area (Å²) >= 11 is 0. The van der Waals surface area contributed by atoms with Crippen LogP contribution < -0.4 is 15.5 Å². The Morgan fingerprint density at radius 2 is 2.19 bits per heavy atom. The van der Waals surface area contributed by atoms with Crippen molar-refractivity contribution in [1.29, 1.82) is 0 Å². The number of benzene rings is 1. The highest BCUT2D eigenvalue weighted by atomic mass is 15.2. The summed E-state index contributed by atoms with van der Waals surface area (Å²) in [5.74, 6) is 0.891. The topological polar surface area (TPSA) is 39.7 Å². The maximum Gasteiger partial charge on any atom is 0.191 e. The van der Waals surface area contributed by atoms with Gasteiger partial charge in [-0.2, -0.15) is 0 Å². The minimum absolute atomic E-state index is 0.389. The molecule has 0 atom stereocenters. The first-order chi connectivity index (χ1) is 10.1. The smallest absolute Gasteiger partial charge is 0.191 e. The summed E-state index contributed by atoms with van der Waals surface area (Å²) < 4.78 is 0. The van der Waals surface area contributed by atoms with Crippen molar-refractivity contribution in [1.82, 2.24) is 10.6 Å². The summed E-state index contributed by atoms with van der Waals surface area (Å²) in [4.78, 5) is 7.02. The van der Waals surface area contributed by atoms with Gasteiger partial charge >= 0.3 is 0 Å². The molecular formula is C17H28N4. The van der Waals surface area contributed by atoms with Crippen molar-refractivity contribution in [3.05, 3.63) is 29.3 Å². The Morgan fingerprint density at radius 1 is 1.38 bits per heavy atom. The largest absolute Gasteiger partial charge is 0.374 e. The molecule has 0 aromatic heterocycles. The van der Waals surface area contributed by atoms with Crippen LogP contribution >= 0.6 is 0 Å². The molecule has 1 aliphatic heterocycles. The number of anilines is 1. The molecule has 0 bridgehead atoms. The number of fused-ring (bicyclic) bond motifs is 1. The zero-order valence-corrected chi connectivity index (χ0v) is 13.7. The minimum atomic E-state index is 0.389. The summed E-state index contributed by atoms with van der Waals surface area (Å²) in [5, 5.41) is 6.64. The van der Waals surface area contributed by atoms with Crippen LogP contribution in [0, 0.1) is 0 Å². The third-order valence-electron chi connectivity index (χ3n) is 3.68. The van der Waals surface area contributed by atoms with E-state index in [-0.39, 0.29) is 0 Å². The lowest BCUT2D eigenvalue weighted by atomic mass is 10.00. The molecule has 0 amide bonds. The van der Waals surface area contributed by atoms with Crippen LogP contribution in [0.5, 0.6) is 0 Å². The first kappa shape index (κ1) is 15.7. The lowest BCUT2D eigenvalue weighted by molar-refractivity contribution is 0.700. The van der Waals surface area contributed by atoms with Crippen molar-refractivity contribution in [3.63, 3.8) is 0 Å². The molecular weight excluding hydrogens is 260 g/mol. The number of hydrogen-bond donors (Lipinski definition) is 2. The fourth-order valence-electron chi connectivity index (χ4n) is 2.70. The standard InChI is InChI=1S/C17H28N4/c1-5-18-17(20-13(2)3)19-12-14-8-9-16-15(11-14)7-6-10-21(16)4/h8-9,11,13H,5-7,10,12H2,1-4H3,(H2,18,19,20). The summed E-state index contributed by atoms with van der Waals surface area (Å²) in [6.45, 7) is 9.11. The molecule has 4 heteroatoms. The molecule has 21 heavy (non-hydrogen) atoms. The van der Waals surface area contributed by atoms with Crippen molar-refractivity contribution in [2.45, 2.75) is 46.2 Å². The average Bonchev–Trinajstić information content (AvgIpc) is 2.44. The van der Waals surface area contributed by atoms with E-state index in [4.69, 9.17) is 0 Å². The van der Waals surface area contributed by atoms with Crippen molar-refractivity contribution < 1.29 is 0 Å². The quantitative estimate of drug-likeness (QED) is 0.660. The molecule has 2 N–H and O–H groups in total. The van der Waals surface area contributed by atoms with Gasteiger partial charge in [0.15, 0.2) is 5.96 Å². The predicted octanol–water partition coefficient (Wildman–Crippen LogP) is 2.53. The molecule has 116 valence electrons. The number of rotatable bonds is 4. The SMILES string of the molecule is CCNC(=NCc1ccc2c(c1)CCCN2C)NC(C)C. The van der Waals surface area contributed by atoms with Crippen LogP contribution in [0.1, 0.15) is 38.3 Å². The second-order valence-electron chi connectivity index (χ2n) is 5.98. The van der Waals surface area contributed by atoms with E-state index >= 15 is 0 Å². The summed E-state index contributed by atoms with van der Waals surface area (Å²) in [5.41, 5.74) is 4.12. The van der Waals surface area contributed by atoms with Crippen LogP contribution in [0.25, 0.3) is 0 Å². The first-order valence-electron chi connectivity index (χ1n) is 7.98. The van der Waals surface area contributed by atoms with E-state index in [1.807, 2.05) is 0 Å². The number of hydrogen-bond acceptors (Lipinski definition) is 2. The van der Waals surface area contributed by atoms with Crippen LogP contribution in [0.2, 0.25) is 0 Å². The van der Waals surface area contributed by atoms with Crippen molar-refractivity contribution in [2.75, 3.05) is 25.0 Å². The molecule has 0 aliphatic carbocycles. The van der Waals surface area contributed by atoms with E-state index in [0.29, 0.717) is 6.04 Å². The number of guanidine groups is 1. The van der Waals surface area contributed by atoms with Gasteiger partial charge in [0.1, 0.15) is 0 Å². The van der Waals surface area contributed by atoms with Gasteiger partial charge in [0.05, 0.1) is 6.54 Å². The van der Waals surface area contributed by atoms with Crippen molar-refractivity contribution >= 4 is 11.6 Å². The number of nitrogens with zero attached hydrogens (tertiary/aromatic N) is 2. The van der Waals surface area contributed by atoms with Gasteiger partial charge in [0.25, 0.3) is 0 Å². The monoisotopic (exact) mass is 288 g/mol. The minimum Gasteiger partial charge on any atom is -0.374 e. The molecule has 1 aliphatic rings. The average molecular weight is 288 g/mol. The highest BCUT2D eigenvalue weighted by Crippen LogP contribution is 2.26. The molecule has 1 aromatic carbocycles. The number of aliphatic imine (C=N–C) groups is 1. The fraction of sp³-hybridized carbons (Fsp3) is 0.588. The van der Waals surface area contributed by atoms with Crippen molar-refractivity contribution in [3.8, 4) is 0 Å². The molecule has 4 nitrogen and oxygen atoms in total. The normalized spacial score (nSPS) is 15.1. The third-order valence-corrected chi connectivity index (χ3v) is 3.68. The highest BCUT2D eigenvalue weighted by molar-refractivity contribution is 5.80. The predicted molar refractivity (Wildman–Crippen MR) is 91.1 cm³/mol. The first-order valence-corrected chi connectivity index (χ1v) is 7.98. The van der Waals surface area contributed by atoms with Gasteiger partial charge in [-0.05, 0) is 50.8 Å². The molecule has 1 heterocycles. The summed E-state index contributed by atoms with van der Waals surface area (Å²) in [6, 6.07) is 7.14. The van der Waals surface area contributed by atoms with Crippen LogP contribution in [-0.2, 0) is 13.0 Å². The van der Waals surface area contributed by atoms with E-state index in [1.54, 1.807) is 0 Å². The molecule has 0 saturated heterocycles. The van der Waals surface area contributed by atoms with Gasteiger partial charge in [-0.25, -0.2) is 4.99 Å². The Balaban J connectivity index is 2.08. The van der Waals surface area contributed by atoms with Gasteiger partial charge in [0.2, 0.25) is 0 Å². The Hall–Kier alpha value is -1.71. The van der Waals surface area contributed by atoms with Crippen LogP contribution in [0.3, 0.4) is 0 Å². The maximum atomic E-state index is 4.67. The second kappa shape index (κ2) is 7.34. The van der Waals surface area contributed by atoms with Gasteiger partial charge in [0, 0.05) is 31.9 Å². The van der Waals surface area contributed by atoms with Crippen LogP contribution in [0.15, 0.2) is 23.2 Å². The Bertz CT molecular complexity index is 494.